The predicted molar refractivity (Wildman–Crippen MR) is 158 cm³/mol. The lowest BCUT2D eigenvalue weighted by Crippen LogP contribution is -1.77. The fraction of sp³-hybridized carbons (Fsp3) is 0.545. The Morgan fingerprint density at radius 1 is 0.444 bits per heavy atom. The van der Waals surface area contributed by atoms with Gasteiger partial charge in [0.15, 0.2) is 0 Å². The average Bonchev–Trinajstić information content (AvgIpc) is 2.85. The van der Waals surface area contributed by atoms with Gasteiger partial charge in [0, 0.05) is 18.2 Å². The highest BCUT2D eigenvalue weighted by Crippen LogP contribution is 2.09. The first-order valence-corrected chi connectivity index (χ1v) is 13.2. The van der Waals surface area contributed by atoms with E-state index in [1.807, 2.05) is 39.0 Å². The van der Waals surface area contributed by atoms with Crippen LogP contribution in [0, 0.1) is 34.0 Å². The zero-order valence-corrected chi connectivity index (χ0v) is 24.7. The van der Waals surface area contributed by atoms with Crippen LogP contribution in [0.1, 0.15) is 120 Å². The molecule has 36 heavy (non-hydrogen) atoms. The molecule has 0 spiro atoms. The van der Waals surface area contributed by atoms with Crippen molar-refractivity contribution in [2.45, 2.75) is 120 Å². The van der Waals surface area contributed by atoms with Crippen molar-refractivity contribution in [1.82, 2.24) is 0 Å². The van der Waals surface area contributed by atoms with Crippen molar-refractivity contribution >= 4 is 0 Å². The predicted octanol–water partition coefficient (Wildman–Crippen LogP) is 10.8. The van der Waals surface area contributed by atoms with Crippen LogP contribution in [0.2, 0.25) is 0 Å². The molecule has 3 heteroatoms. The van der Waals surface area contributed by atoms with Gasteiger partial charge in [0.25, 0.3) is 0 Å². The molecule has 198 valence electrons. The van der Waals surface area contributed by atoms with Gasteiger partial charge in [-0.15, -0.1) is 0 Å². The topological polar surface area (TPSA) is 71.4 Å². The van der Waals surface area contributed by atoms with Crippen molar-refractivity contribution in [2.24, 2.45) is 0 Å². The van der Waals surface area contributed by atoms with E-state index in [9.17, 15) is 0 Å². The monoisotopic (exact) mass is 489 g/mol. The molecule has 0 saturated heterocycles. The Morgan fingerprint density at radius 3 is 0.833 bits per heavy atom. The van der Waals surface area contributed by atoms with Gasteiger partial charge < -0.3 is 0 Å². The van der Waals surface area contributed by atoms with E-state index in [0.717, 1.165) is 74.5 Å². The van der Waals surface area contributed by atoms with E-state index >= 15 is 0 Å². The number of hydrogen-bond donors (Lipinski definition) is 0. The van der Waals surface area contributed by atoms with Gasteiger partial charge in [0.05, 0.1) is 18.2 Å². The molecule has 0 atom stereocenters. The second kappa shape index (κ2) is 28.1. The van der Waals surface area contributed by atoms with E-state index in [2.05, 4.69) is 59.8 Å². The minimum absolute atomic E-state index is 1.00. The van der Waals surface area contributed by atoms with E-state index in [0.29, 0.717) is 0 Å². The molecular formula is C33H51N3. The van der Waals surface area contributed by atoms with E-state index in [-0.39, 0.29) is 0 Å². The Bertz CT molecular complexity index is 766. The SMILES string of the molecule is CC/C(C)=C/CC/C(C)=C/C#N.CC/C(C)=C/CC/C(C)=C\C#N.CC/C(C)=C\CC/C(C)=C\C#N. The molecule has 0 aliphatic carbocycles. The second-order valence-corrected chi connectivity index (χ2v) is 9.19. The summed E-state index contributed by atoms with van der Waals surface area (Å²) in [4.78, 5) is 0. The lowest BCUT2D eigenvalue weighted by Gasteiger charge is -1.96. The zero-order chi connectivity index (χ0) is 28.2. The molecule has 0 N–H and O–H groups in total. The van der Waals surface area contributed by atoms with Gasteiger partial charge in [-0.05, 0) is 99.3 Å². The minimum atomic E-state index is 1.00. The van der Waals surface area contributed by atoms with Crippen molar-refractivity contribution in [1.29, 1.82) is 15.8 Å². The van der Waals surface area contributed by atoms with Crippen molar-refractivity contribution < 1.29 is 0 Å². The third-order valence-electron chi connectivity index (χ3n) is 5.70. The summed E-state index contributed by atoms with van der Waals surface area (Å²) in [6.07, 6.45) is 21.2. The summed E-state index contributed by atoms with van der Waals surface area (Å²) >= 11 is 0. The maximum atomic E-state index is 8.35. The first kappa shape index (κ1) is 37.5. The fourth-order valence-electron chi connectivity index (χ4n) is 2.62. The summed E-state index contributed by atoms with van der Waals surface area (Å²) in [6.45, 7) is 18.9. The van der Waals surface area contributed by atoms with Crippen molar-refractivity contribution in [3.05, 3.63) is 69.9 Å². The molecule has 0 rings (SSSR count). The van der Waals surface area contributed by atoms with E-state index in [1.165, 1.54) is 16.7 Å². The standard InChI is InChI=1S/3C11H17N/c3*1-4-10(2)6-5-7-11(3)8-9-12/h3*6,8H,4-5,7H2,1-3H3/b10-6+,11-8+;10-6+,11-8-;10-6-,11-8-. The highest BCUT2D eigenvalue weighted by molar-refractivity contribution is 5.13. The molecule has 0 aromatic carbocycles. The van der Waals surface area contributed by atoms with Crippen LogP contribution in [0.5, 0.6) is 0 Å². The second-order valence-electron chi connectivity index (χ2n) is 9.19. The molecule has 0 amide bonds. The molecule has 0 fully saturated rings. The van der Waals surface area contributed by atoms with E-state index in [1.54, 1.807) is 18.2 Å². The molecule has 0 saturated carbocycles. The van der Waals surface area contributed by atoms with Crippen LogP contribution in [-0.2, 0) is 0 Å². The third-order valence-corrected chi connectivity index (χ3v) is 5.70. The van der Waals surface area contributed by atoms with Gasteiger partial charge in [-0.2, -0.15) is 15.8 Å². The van der Waals surface area contributed by atoms with Gasteiger partial charge in [0.1, 0.15) is 0 Å². The maximum absolute atomic E-state index is 8.35. The summed E-state index contributed by atoms with van der Waals surface area (Å²) in [5.41, 5.74) is 7.78. The number of nitriles is 3. The Hall–Kier alpha value is -3.09. The molecule has 0 heterocycles. The molecular weight excluding hydrogens is 438 g/mol. The number of hydrogen-bond acceptors (Lipinski definition) is 3. The van der Waals surface area contributed by atoms with Crippen molar-refractivity contribution in [3.8, 4) is 18.2 Å². The maximum Gasteiger partial charge on any atom is 0.0911 e. The zero-order valence-electron chi connectivity index (χ0n) is 24.7. The van der Waals surface area contributed by atoms with Gasteiger partial charge >= 0.3 is 0 Å². The first-order valence-electron chi connectivity index (χ1n) is 13.2. The largest absolute Gasteiger partial charge is 0.193 e. The number of nitrogens with zero attached hydrogens (tertiary/aromatic N) is 3. The lowest BCUT2D eigenvalue weighted by atomic mass is 10.1. The first-order chi connectivity index (χ1) is 17.1. The van der Waals surface area contributed by atoms with Crippen LogP contribution in [0.15, 0.2) is 69.9 Å². The van der Waals surface area contributed by atoms with Gasteiger partial charge in [0.2, 0.25) is 0 Å². The van der Waals surface area contributed by atoms with Gasteiger partial charge in [-0.25, -0.2) is 0 Å². The average molecular weight is 490 g/mol. The highest BCUT2D eigenvalue weighted by Gasteiger charge is 1.90. The van der Waals surface area contributed by atoms with Crippen LogP contribution < -0.4 is 0 Å². The summed E-state index contributed by atoms with van der Waals surface area (Å²) in [5, 5.41) is 25.0. The van der Waals surface area contributed by atoms with Crippen LogP contribution in [0.25, 0.3) is 0 Å². The van der Waals surface area contributed by atoms with Gasteiger partial charge in [-0.3, -0.25) is 0 Å². The van der Waals surface area contributed by atoms with Crippen LogP contribution >= 0.6 is 0 Å². The summed E-state index contributed by atoms with van der Waals surface area (Å²) in [5.74, 6) is 0. The van der Waals surface area contributed by atoms with Gasteiger partial charge in [-0.1, -0.05) is 72.4 Å². The van der Waals surface area contributed by atoms with E-state index in [4.69, 9.17) is 15.8 Å². The Labute approximate surface area is 223 Å². The normalized spacial score (nSPS) is 12.8. The number of rotatable bonds is 12. The lowest BCUT2D eigenvalue weighted by molar-refractivity contribution is 0.951. The Kier molecular flexibility index (Phi) is 29.3. The molecule has 3 nitrogen and oxygen atoms in total. The summed E-state index contributed by atoms with van der Waals surface area (Å²) in [7, 11) is 0. The van der Waals surface area contributed by atoms with Crippen LogP contribution in [0.4, 0.5) is 0 Å². The Balaban J connectivity index is -0.000000454. The molecule has 0 radical (unpaired) electrons. The number of allylic oxidation sites excluding steroid dienone is 12. The smallest absolute Gasteiger partial charge is 0.0911 e. The quantitative estimate of drug-likeness (QED) is 0.202. The van der Waals surface area contributed by atoms with E-state index < -0.39 is 0 Å². The molecule has 0 aliphatic heterocycles. The summed E-state index contributed by atoms with van der Waals surface area (Å²) in [6, 6.07) is 6.11. The fourth-order valence-corrected chi connectivity index (χ4v) is 2.62. The van der Waals surface area contributed by atoms with Crippen LogP contribution in [-0.4, -0.2) is 0 Å². The molecule has 0 bridgehead atoms. The van der Waals surface area contributed by atoms with Crippen molar-refractivity contribution in [3.63, 3.8) is 0 Å². The van der Waals surface area contributed by atoms with Crippen LogP contribution in [0.3, 0.4) is 0 Å². The third kappa shape index (κ3) is 30.9. The molecule has 0 aromatic rings. The molecule has 0 aliphatic rings. The summed E-state index contributed by atoms with van der Waals surface area (Å²) < 4.78 is 0. The molecule has 0 unspecified atom stereocenters. The Morgan fingerprint density at radius 2 is 0.667 bits per heavy atom. The minimum Gasteiger partial charge on any atom is -0.193 e. The molecule has 0 aromatic heterocycles. The van der Waals surface area contributed by atoms with Crippen molar-refractivity contribution in [2.75, 3.05) is 0 Å². The highest BCUT2D eigenvalue weighted by atomic mass is 14.2.